The number of nitrogens with zero attached hydrogens (tertiary/aromatic N) is 5. The number of aromatic nitrogens is 4. The van der Waals surface area contributed by atoms with Gasteiger partial charge in [-0.15, -0.1) is 6.42 Å². The number of carbonyl (C=O) groups is 1. The van der Waals surface area contributed by atoms with Crippen LogP contribution in [0.5, 0.6) is 0 Å². The molecule has 0 bridgehead atoms. The molecular weight excluding hydrogens is 246 g/mol. The molecule has 7 nitrogen and oxygen atoms in total. The number of carboxylic acid groups (broad SMARTS) is 1. The third-order valence-corrected chi connectivity index (χ3v) is 2.34. The Balaban J connectivity index is 2.37. The Kier molecular flexibility index (Phi) is 3.73. The minimum Gasteiger partial charge on any atom is -0.480 e. The van der Waals surface area contributed by atoms with Gasteiger partial charge in [0.15, 0.2) is 0 Å². The fourth-order valence-electron chi connectivity index (χ4n) is 1.59. The molecule has 0 spiro atoms. The summed E-state index contributed by atoms with van der Waals surface area (Å²) in [6, 6.07) is 9.17. The van der Waals surface area contributed by atoms with Gasteiger partial charge in [-0.05, 0) is 22.6 Å². The molecule has 19 heavy (non-hydrogen) atoms. The number of terminal acetylenes is 1. The Morgan fingerprint density at radius 1 is 1.42 bits per heavy atom. The van der Waals surface area contributed by atoms with Gasteiger partial charge in [0.1, 0.15) is 6.54 Å². The fourth-order valence-corrected chi connectivity index (χ4v) is 1.59. The first-order chi connectivity index (χ1) is 9.22. The first-order valence-electron chi connectivity index (χ1n) is 5.46. The summed E-state index contributed by atoms with van der Waals surface area (Å²) in [5.41, 5.74) is 0.731. The van der Waals surface area contributed by atoms with Crippen LogP contribution in [0.2, 0.25) is 0 Å². The van der Waals surface area contributed by atoms with Crippen LogP contribution < -0.4 is 4.90 Å². The molecule has 2 aromatic rings. The van der Waals surface area contributed by atoms with Crippen LogP contribution in [0.25, 0.3) is 5.69 Å². The molecule has 1 heterocycles. The van der Waals surface area contributed by atoms with Crippen molar-refractivity contribution in [2.45, 2.75) is 0 Å². The molecule has 0 aliphatic heterocycles. The summed E-state index contributed by atoms with van der Waals surface area (Å²) >= 11 is 0. The maximum Gasteiger partial charge on any atom is 0.323 e. The van der Waals surface area contributed by atoms with Crippen molar-refractivity contribution in [2.75, 3.05) is 18.0 Å². The predicted molar refractivity (Wildman–Crippen MR) is 67.8 cm³/mol. The molecule has 0 aliphatic rings. The first-order valence-corrected chi connectivity index (χ1v) is 5.46. The second kappa shape index (κ2) is 5.64. The SMILES string of the molecule is C#CCN(CC(=O)O)c1nnnn1-c1ccccc1. The minimum atomic E-state index is -1.00. The van der Waals surface area contributed by atoms with E-state index < -0.39 is 5.97 Å². The first kappa shape index (κ1) is 12.6. The smallest absolute Gasteiger partial charge is 0.323 e. The van der Waals surface area contributed by atoms with Gasteiger partial charge >= 0.3 is 5.97 Å². The zero-order valence-electron chi connectivity index (χ0n) is 9.97. The molecule has 0 aliphatic carbocycles. The minimum absolute atomic E-state index is 0.111. The molecule has 7 heteroatoms. The van der Waals surface area contributed by atoms with Gasteiger partial charge in [0.2, 0.25) is 0 Å². The van der Waals surface area contributed by atoms with E-state index in [1.165, 1.54) is 9.58 Å². The largest absolute Gasteiger partial charge is 0.480 e. The van der Waals surface area contributed by atoms with Gasteiger partial charge < -0.3 is 10.0 Å². The zero-order chi connectivity index (χ0) is 13.7. The van der Waals surface area contributed by atoms with Crippen LogP contribution in [0.4, 0.5) is 5.95 Å². The molecule has 0 amide bonds. The van der Waals surface area contributed by atoms with E-state index in [1.807, 2.05) is 30.3 Å². The predicted octanol–water partition coefficient (Wildman–Crippen LogP) is 0.186. The van der Waals surface area contributed by atoms with Gasteiger partial charge in [-0.3, -0.25) is 4.79 Å². The normalized spacial score (nSPS) is 9.84. The highest BCUT2D eigenvalue weighted by atomic mass is 16.4. The van der Waals surface area contributed by atoms with Gasteiger partial charge in [-0.2, -0.15) is 4.68 Å². The maximum absolute atomic E-state index is 10.8. The Labute approximate surface area is 109 Å². The van der Waals surface area contributed by atoms with Crippen LogP contribution >= 0.6 is 0 Å². The molecule has 0 saturated carbocycles. The summed E-state index contributed by atoms with van der Waals surface area (Å²) in [5, 5.41) is 20.1. The summed E-state index contributed by atoms with van der Waals surface area (Å²) in [7, 11) is 0. The lowest BCUT2D eigenvalue weighted by atomic mass is 10.3. The summed E-state index contributed by atoms with van der Waals surface area (Å²) in [6.45, 7) is -0.156. The summed E-state index contributed by atoms with van der Waals surface area (Å²) < 4.78 is 1.44. The van der Waals surface area contributed by atoms with Crippen molar-refractivity contribution >= 4 is 11.9 Å². The monoisotopic (exact) mass is 257 g/mol. The highest BCUT2D eigenvalue weighted by Crippen LogP contribution is 2.14. The van der Waals surface area contributed by atoms with E-state index in [1.54, 1.807) is 0 Å². The van der Waals surface area contributed by atoms with Gasteiger partial charge in [0.05, 0.1) is 12.2 Å². The van der Waals surface area contributed by atoms with Gasteiger partial charge in [0, 0.05) is 0 Å². The molecule has 0 radical (unpaired) electrons. The fraction of sp³-hybridized carbons (Fsp3) is 0.167. The van der Waals surface area contributed by atoms with E-state index in [0.717, 1.165) is 5.69 Å². The summed E-state index contributed by atoms with van der Waals surface area (Å²) in [4.78, 5) is 12.3. The van der Waals surface area contributed by atoms with Crippen molar-refractivity contribution in [3.05, 3.63) is 30.3 Å². The van der Waals surface area contributed by atoms with Gasteiger partial charge in [-0.1, -0.05) is 29.2 Å². The highest BCUT2D eigenvalue weighted by Gasteiger charge is 2.17. The number of rotatable bonds is 5. The van der Waals surface area contributed by atoms with Crippen LogP contribution in [0.3, 0.4) is 0 Å². The van der Waals surface area contributed by atoms with E-state index in [9.17, 15) is 4.79 Å². The van der Waals surface area contributed by atoms with Gasteiger partial charge in [0.25, 0.3) is 5.95 Å². The van der Waals surface area contributed by atoms with E-state index >= 15 is 0 Å². The summed E-state index contributed by atoms with van der Waals surface area (Å²) in [6.07, 6.45) is 5.24. The third-order valence-electron chi connectivity index (χ3n) is 2.34. The lowest BCUT2D eigenvalue weighted by Gasteiger charge is -2.18. The number of carboxylic acids is 1. The van der Waals surface area contributed by atoms with Crippen LogP contribution in [0.15, 0.2) is 30.3 Å². The third kappa shape index (κ3) is 2.87. The molecule has 1 aromatic heterocycles. The Bertz CT molecular complexity index is 602. The molecule has 0 fully saturated rings. The van der Waals surface area contributed by atoms with Crippen molar-refractivity contribution in [1.82, 2.24) is 20.2 Å². The number of tetrazole rings is 1. The quantitative estimate of drug-likeness (QED) is 0.769. The van der Waals surface area contributed by atoms with Crippen LogP contribution in [0.1, 0.15) is 0 Å². The Hall–Kier alpha value is -2.88. The number of hydrogen-bond acceptors (Lipinski definition) is 5. The molecule has 0 saturated heterocycles. The topological polar surface area (TPSA) is 84.1 Å². The van der Waals surface area contributed by atoms with E-state index in [2.05, 4.69) is 21.4 Å². The average molecular weight is 257 g/mol. The van der Waals surface area contributed by atoms with Crippen molar-refractivity contribution < 1.29 is 9.90 Å². The van der Waals surface area contributed by atoms with Crippen molar-refractivity contribution in [3.63, 3.8) is 0 Å². The molecule has 0 atom stereocenters. The lowest BCUT2D eigenvalue weighted by Crippen LogP contribution is -2.32. The second-order valence-electron chi connectivity index (χ2n) is 3.68. The van der Waals surface area contributed by atoms with Crippen LogP contribution in [-0.4, -0.2) is 44.4 Å². The zero-order valence-corrected chi connectivity index (χ0v) is 9.97. The number of benzene rings is 1. The highest BCUT2D eigenvalue weighted by molar-refractivity contribution is 5.73. The lowest BCUT2D eigenvalue weighted by molar-refractivity contribution is -0.135. The van der Waals surface area contributed by atoms with Crippen LogP contribution in [-0.2, 0) is 4.79 Å². The number of hydrogen-bond donors (Lipinski definition) is 1. The molecule has 2 rings (SSSR count). The Morgan fingerprint density at radius 2 is 2.16 bits per heavy atom. The number of para-hydroxylation sites is 1. The number of anilines is 1. The number of aliphatic carboxylic acids is 1. The molecule has 96 valence electrons. The Morgan fingerprint density at radius 3 is 2.79 bits per heavy atom. The summed E-state index contributed by atoms with van der Waals surface area (Å²) in [5.74, 6) is 1.69. The van der Waals surface area contributed by atoms with E-state index in [0.29, 0.717) is 5.95 Å². The van der Waals surface area contributed by atoms with Crippen molar-refractivity contribution in [1.29, 1.82) is 0 Å². The molecule has 1 N–H and O–H groups in total. The standard InChI is InChI=1S/C12H11N5O2/c1-2-8-16(9-11(18)19)12-13-14-15-17(12)10-6-4-3-5-7-10/h1,3-7H,8-9H2,(H,18,19). The maximum atomic E-state index is 10.8. The second-order valence-corrected chi connectivity index (χ2v) is 3.68. The van der Waals surface area contributed by atoms with E-state index in [-0.39, 0.29) is 13.1 Å². The molecular formula is C12H11N5O2. The van der Waals surface area contributed by atoms with Crippen molar-refractivity contribution in [2.24, 2.45) is 0 Å². The van der Waals surface area contributed by atoms with Crippen LogP contribution in [0, 0.1) is 12.3 Å². The van der Waals surface area contributed by atoms with E-state index in [4.69, 9.17) is 11.5 Å². The van der Waals surface area contributed by atoms with Gasteiger partial charge in [-0.25, -0.2) is 0 Å². The van der Waals surface area contributed by atoms with Crippen molar-refractivity contribution in [3.8, 4) is 18.0 Å². The molecule has 0 unspecified atom stereocenters. The molecule has 1 aromatic carbocycles. The average Bonchev–Trinajstić information content (AvgIpc) is 2.88.